The molecule has 1 saturated carbocycles. The van der Waals surface area contributed by atoms with Gasteiger partial charge in [0.05, 0.1) is 19.9 Å². The van der Waals surface area contributed by atoms with Crippen LogP contribution in [0, 0.1) is 18.4 Å². The predicted molar refractivity (Wildman–Crippen MR) is 83.5 cm³/mol. The maximum Gasteiger partial charge on any atom is 0.319 e. The standard InChI is InChI=1S/C17H21N3O3/c1-9-11-7-6-10-14(19-16(23-5)20-15(10)22-4)17(11,2)8-12(18-3)13(9)21/h9,11-12H,6-8H2,1-2,4-5H3/t9-,11-,12?,17-/m0/s1. The Balaban J connectivity index is 2.18. The molecule has 1 heterocycles. The summed E-state index contributed by atoms with van der Waals surface area (Å²) in [6.45, 7) is 11.4. The minimum absolute atomic E-state index is 0.0684. The predicted octanol–water partition coefficient (Wildman–Crippen LogP) is 2.21. The molecular formula is C17H21N3O3. The molecule has 2 aliphatic rings. The topological polar surface area (TPSA) is 65.7 Å². The van der Waals surface area contributed by atoms with Crippen LogP contribution >= 0.6 is 0 Å². The SMILES string of the molecule is [C-]#[N+]C1C[C@]2(C)c3nc(OC)nc(OC)c3CC[C@H]2[C@H](C)C1=O. The van der Waals surface area contributed by atoms with E-state index in [2.05, 4.69) is 21.7 Å². The van der Waals surface area contributed by atoms with E-state index in [4.69, 9.17) is 16.0 Å². The Bertz CT molecular complexity index is 697. The fourth-order valence-electron chi connectivity index (χ4n) is 4.36. The van der Waals surface area contributed by atoms with E-state index in [1.165, 1.54) is 7.11 Å². The first-order valence-corrected chi connectivity index (χ1v) is 7.86. The van der Waals surface area contributed by atoms with Gasteiger partial charge < -0.3 is 14.3 Å². The van der Waals surface area contributed by atoms with Gasteiger partial charge in [0.2, 0.25) is 11.7 Å². The van der Waals surface area contributed by atoms with Gasteiger partial charge in [-0.15, -0.1) is 0 Å². The quantitative estimate of drug-likeness (QED) is 0.783. The number of methoxy groups -OCH3 is 2. The summed E-state index contributed by atoms with van der Waals surface area (Å²) >= 11 is 0. The number of hydrogen-bond acceptors (Lipinski definition) is 5. The van der Waals surface area contributed by atoms with Gasteiger partial charge in [0.1, 0.15) is 0 Å². The van der Waals surface area contributed by atoms with Gasteiger partial charge in [-0.1, -0.05) is 13.8 Å². The highest BCUT2D eigenvalue weighted by atomic mass is 16.5. The molecule has 0 spiro atoms. The average Bonchev–Trinajstić information content (AvgIpc) is 2.57. The first-order valence-electron chi connectivity index (χ1n) is 7.86. The van der Waals surface area contributed by atoms with E-state index in [1.807, 2.05) is 6.92 Å². The molecule has 122 valence electrons. The molecule has 0 saturated heterocycles. The average molecular weight is 315 g/mol. The van der Waals surface area contributed by atoms with Crippen molar-refractivity contribution >= 4 is 5.78 Å². The number of ketones is 1. The number of rotatable bonds is 2. The second-order valence-electron chi connectivity index (χ2n) is 6.65. The van der Waals surface area contributed by atoms with Gasteiger partial charge in [0, 0.05) is 23.3 Å². The highest BCUT2D eigenvalue weighted by Gasteiger charge is 2.55. The second-order valence-corrected chi connectivity index (χ2v) is 6.65. The molecule has 6 nitrogen and oxygen atoms in total. The Morgan fingerprint density at radius 2 is 2.04 bits per heavy atom. The zero-order valence-corrected chi connectivity index (χ0v) is 13.9. The third-order valence-electron chi connectivity index (χ3n) is 5.54. The van der Waals surface area contributed by atoms with Gasteiger partial charge in [-0.05, 0) is 18.8 Å². The number of fused-ring (bicyclic) bond motifs is 3. The molecule has 3 rings (SSSR count). The fourth-order valence-corrected chi connectivity index (χ4v) is 4.36. The van der Waals surface area contributed by atoms with E-state index in [0.717, 1.165) is 24.1 Å². The van der Waals surface area contributed by atoms with Crippen molar-refractivity contribution in [2.45, 2.75) is 44.6 Å². The van der Waals surface area contributed by atoms with E-state index in [0.29, 0.717) is 12.3 Å². The maximum absolute atomic E-state index is 12.4. The number of carbonyl (C=O) groups excluding carboxylic acids is 1. The lowest BCUT2D eigenvalue weighted by molar-refractivity contribution is -0.129. The highest BCUT2D eigenvalue weighted by Crippen LogP contribution is 2.52. The number of hydrogen-bond donors (Lipinski definition) is 0. The molecule has 2 aliphatic carbocycles. The molecule has 0 aromatic carbocycles. The second kappa shape index (κ2) is 5.48. The fraction of sp³-hybridized carbons (Fsp3) is 0.647. The molecule has 0 amide bonds. The van der Waals surface area contributed by atoms with E-state index in [1.54, 1.807) is 7.11 Å². The van der Waals surface area contributed by atoms with Crippen molar-refractivity contribution in [2.24, 2.45) is 11.8 Å². The van der Waals surface area contributed by atoms with Gasteiger partial charge in [0.25, 0.3) is 6.04 Å². The lowest BCUT2D eigenvalue weighted by Gasteiger charge is -2.47. The van der Waals surface area contributed by atoms with Crippen LogP contribution in [0.15, 0.2) is 0 Å². The highest BCUT2D eigenvalue weighted by molar-refractivity contribution is 5.89. The van der Waals surface area contributed by atoms with Crippen molar-refractivity contribution in [3.63, 3.8) is 0 Å². The maximum atomic E-state index is 12.4. The van der Waals surface area contributed by atoms with Crippen LogP contribution in [-0.4, -0.2) is 36.0 Å². The summed E-state index contributed by atoms with van der Waals surface area (Å²) < 4.78 is 10.6. The molecule has 1 aromatic heterocycles. The van der Waals surface area contributed by atoms with Crippen molar-refractivity contribution in [3.05, 3.63) is 22.7 Å². The van der Waals surface area contributed by atoms with Crippen molar-refractivity contribution < 1.29 is 14.3 Å². The molecule has 0 N–H and O–H groups in total. The summed E-state index contributed by atoms with van der Waals surface area (Å²) in [5.41, 5.74) is 1.53. The van der Waals surface area contributed by atoms with Gasteiger partial charge in [-0.3, -0.25) is 4.79 Å². The lowest BCUT2D eigenvalue weighted by Crippen LogP contribution is -2.52. The molecule has 0 radical (unpaired) electrons. The van der Waals surface area contributed by atoms with Crippen molar-refractivity contribution in [1.29, 1.82) is 0 Å². The van der Waals surface area contributed by atoms with Gasteiger partial charge >= 0.3 is 6.01 Å². The summed E-state index contributed by atoms with van der Waals surface area (Å²) in [4.78, 5) is 24.9. The van der Waals surface area contributed by atoms with E-state index >= 15 is 0 Å². The molecule has 4 atom stereocenters. The number of nitrogens with zero attached hydrogens (tertiary/aromatic N) is 3. The molecule has 0 aliphatic heterocycles. The van der Waals surface area contributed by atoms with Crippen molar-refractivity contribution in [3.8, 4) is 11.9 Å². The minimum Gasteiger partial charge on any atom is -0.481 e. The van der Waals surface area contributed by atoms with Crippen LogP contribution in [0.5, 0.6) is 11.9 Å². The van der Waals surface area contributed by atoms with Crippen LogP contribution < -0.4 is 9.47 Å². The molecule has 1 unspecified atom stereocenters. The van der Waals surface area contributed by atoms with Crippen LogP contribution in [0.2, 0.25) is 0 Å². The lowest BCUT2D eigenvalue weighted by atomic mass is 9.55. The van der Waals surface area contributed by atoms with Crippen LogP contribution in [0.4, 0.5) is 0 Å². The Morgan fingerprint density at radius 1 is 1.30 bits per heavy atom. The molecule has 6 heteroatoms. The van der Waals surface area contributed by atoms with Gasteiger partial charge in [-0.2, -0.15) is 9.97 Å². The summed E-state index contributed by atoms with van der Waals surface area (Å²) in [6.07, 6.45) is 2.16. The Kier molecular flexibility index (Phi) is 3.75. The summed E-state index contributed by atoms with van der Waals surface area (Å²) in [5.74, 6) is 0.659. The molecule has 1 aromatic rings. The Hall–Kier alpha value is -2.16. The Morgan fingerprint density at radius 3 is 2.65 bits per heavy atom. The van der Waals surface area contributed by atoms with E-state index in [-0.39, 0.29) is 29.0 Å². The van der Waals surface area contributed by atoms with Gasteiger partial charge in [0.15, 0.2) is 0 Å². The largest absolute Gasteiger partial charge is 0.481 e. The zero-order valence-electron chi connectivity index (χ0n) is 13.9. The molecule has 0 bridgehead atoms. The van der Waals surface area contributed by atoms with Crippen LogP contribution in [-0.2, 0) is 16.6 Å². The normalized spacial score (nSPS) is 32.5. The first-order chi connectivity index (χ1) is 11.0. The minimum atomic E-state index is -0.593. The third kappa shape index (κ3) is 2.18. The molecule has 1 fully saturated rings. The van der Waals surface area contributed by atoms with Gasteiger partial charge in [-0.25, -0.2) is 6.57 Å². The third-order valence-corrected chi connectivity index (χ3v) is 5.54. The number of ether oxygens (including phenoxy) is 2. The van der Waals surface area contributed by atoms with Crippen LogP contribution in [0.1, 0.15) is 37.9 Å². The monoisotopic (exact) mass is 315 g/mol. The van der Waals surface area contributed by atoms with E-state index < -0.39 is 6.04 Å². The summed E-state index contributed by atoms with van der Waals surface area (Å²) in [6, 6.07) is -0.324. The number of Topliss-reactive ketones (excluding diaryl/α,β-unsaturated/α-hetero) is 1. The summed E-state index contributed by atoms with van der Waals surface area (Å²) in [5, 5.41) is 0. The molecule has 23 heavy (non-hydrogen) atoms. The van der Waals surface area contributed by atoms with Crippen LogP contribution in [0.25, 0.3) is 4.85 Å². The van der Waals surface area contributed by atoms with Crippen molar-refractivity contribution in [2.75, 3.05) is 14.2 Å². The van der Waals surface area contributed by atoms with E-state index in [9.17, 15) is 4.79 Å². The Labute approximate surface area is 136 Å². The van der Waals surface area contributed by atoms with Crippen molar-refractivity contribution in [1.82, 2.24) is 9.97 Å². The smallest absolute Gasteiger partial charge is 0.319 e. The zero-order chi connectivity index (χ0) is 16.8. The molecular weight excluding hydrogens is 294 g/mol. The number of carbonyl (C=O) groups is 1. The first kappa shape index (κ1) is 15.7. The van der Waals surface area contributed by atoms with Crippen LogP contribution in [0.3, 0.4) is 0 Å². The summed E-state index contributed by atoms with van der Waals surface area (Å²) in [7, 11) is 3.12. The number of aromatic nitrogens is 2.